The minimum atomic E-state index is -0.206. The van der Waals surface area contributed by atoms with Crippen LogP contribution in [0.2, 0.25) is 0 Å². The molecule has 3 aromatic rings. The van der Waals surface area contributed by atoms with Crippen LogP contribution in [0.5, 0.6) is 0 Å². The molecule has 0 fully saturated rings. The maximum atomic E-state index is 11.5. The van der Waals surface area contributed by atoms with Crippen molar-refractivity contribution in [3.8, 4) is 0 Å². The number of hydrogen-bond donors (Lipinski definition) is 2. The molecule has 0 aliphatic rings. The summed E-state index contributed by atoms with van der Waals surface area (Å²) >= 11 is 6.09. The zero-order valence-electron chi connectivity index (χ0n) is 9.38. The van der Waals surface area contributed by atoms with Gasteiger partial charge in [-0.3, -0.25) is 4.79 Å². The molecule has 3 N–H and O–H groups in total. The van der Waals surface area contributed by atoms with Crippen molar-refractivity contribution < 1.29 is 0 Å². The van der Waals surface area contributed by atoms with Gasteiger partial charge < -0.3 is 10.7 Å². The van der Waals surface area contributed by atoms with Crippen LogP contribution in [-0.4, -0.2) is 15.0 Å². The summed E-state index contributed by atoms with van der Waals surface area (Å²) in [7, 11) is 0. The van der Waals surface area contributed by atoms with E-state index in [1.807, 2.05) is 18.2 Å². The molecule has 0 aliphatic heterocycles. The van der Waals surface area contributed by atoms with E-state index in [0.717, 1.165) is 14.6 Å². The van der Waals surface area contributed by atoms with Gasteiger partial charge in [-0.2, -0.15) is 0 Å². The number of nitrogens with two attached hydrogens (primary N) is 1. The molecular weight excluding hydrogens is 348 g/mol. The van der Waals surface area contributed by atoms with E-state index in [9.17, 15) is 4.79 Å². The largest absolute Gasteiger partial charge is 0.399 e. The molecule has 0 saturated heterocycles. The summed E-state index contributed by atoms with van der Waals surface area (Å²) in [6.45, 7) is 0. The van der Waals surface area contributed by atoms with E-state index in [1.165, 1.54) is 29.4 Å². The van der Waals surface area contributed by atoms with Crippen molar-refractivity contribution >= 4 is 54.9 Å². The summed E-state index contributed by atoms with van der Waals surface area (Å²) in [5.74, 6) is 0. The number of hydrogen-bond acceptors (Lipinski definition) is 6. The van der Waals surface area contributed by atoms with E-state index in [1.54, 1.807) is 0 Å². The average molecular weight is 355 g/mol. The first-order valence-electron chi connectivity index (χ1n) is 5.20. The number of H-pyrrole nitrogens is 1. The van der Waals surface area contributed by atoms with E-state index in [4.69, 9.17) is 5.73 Å². The third-order valence-electron chi connectivity index (χ3n) is 2.34. The van der Waals surface area contributed by atoms with Crippen LogP contribution in [0.25, 0.3) is 10.2 Å². The van der Waals surface area contributed by atoms with Gasteiger partial charge in [-0.25, -0.2) is 9.97 Å². The van der Waals surface area contributed by atoms with Crippen molar-refractivity contribution in [1.82, 2.24) is 15.0 Å². The van der Waals surface area contributed by atoms with Gasteiger partial charge in [0.15, 0.2) is 4.34 Å². The Bertz CT molecular complexity index is 814. The summed E-state index contributed by atoms with van der Waals surface area (Å²) in [4.78, 5) is 22.6. The lowest BCUT2D eigenvalue weighted by Crippen LogP contribution is -2.07. The number of aromatic nitrogens is 3. The average Bonchev–Trinajstić information content (AvgIpc) is 2.76. The quantitative estimate of drug-likeness (QED) is 0.545. The Balaban J connectivity index is 2.01. The number of benzene rings is 1. The molecule has 0 aliphatic carbocycles. The van der Waals surface area contributed by atoms with E-state index in [2.05, 4.69) is 30.9 Å². The van der Waals surface area contributed by atoms with Gasteiger partial charge in [-0.05, 0) is 45.9 Å². The van der Waals surface area contributed by atoms with Crippen LogP contribution < -0.4 is 11.3 Å². The van der Waals surface area contributed by atoms with Gasteiger partial charge in [0, 0.05) is 5.69 Å². The van der Waals surface area contributed by atoms with Crippen molar-refractivity contribution in [1.29, 1.82) is 0 Å². The zero-order chi connectivity index (χ0) is 13.4. The number of halogens is 1. The van der Waals surface area contributed by atoms with Crippen molar-refractivity contribution in [3.05, 3.63) is 39.4 Å². The number of nitrogens with one attached hydrogen (secondary N) is 1. The normalized spacial score (nSPS) is 11.0. The van der Waals surface area contributed by atoms with Gasteiger partial charge in [0.1, 0.15) is 9.50 Å². The van der Waals surface area contributed by atoms with Crippen LogP contribution in [0.4, 0.5) is 5.69 Å². The van der Waals surface area contributed by atoms with Crippen molar-refractivity contribution in [2.24, 2.45) is 0 Å². The third-order valence-corrected chi connectivity index (χ3v) is 5.42. The molecule has 0 saturated carbocycles. The first-order valence-corrected chi connectivity index (χ1v) is 7.63. The fourth-order valence-electron chi connectivity index (χ4n) is 1.48. The first kappa shape index (κ1) is 12.6. The lowest BCUT2D eigenvalue weighted by molar-refractivity contribution is 0.989. The van der Waals surface area contributed by atoms with Gasteiger partial charge in [-0.1, -0.05) is 0 Å². The number of fused-ring (bicyclic) bond motifs is 1. The van der Waals surface area contributed by atoms with Crippen LogP contribution in [0.1, 0.15) is 0 Å². The van der Waals surface area contributed by atoms with Crippen LogP contribution >= 0.6 is 39.0 Å². The minimum Gasteiger partial charge on any atom is -0.399 e. The number of anilines is 1. The van der Waals surface area contributed by atoms with Gasteiger partial charge in [0.2, 0.25) is 0 Å². The Labute approximate surface area is 124 Å². The molecule has 0 unspecified atom stereocenters. The molecule has 0 bridgehead atoms. The number of rotatable bonds is 2. The number of nitrogen functional groups attached to an aromatic ring is 1. The molecule has 0 amide bonds. The van der Waals surface area contributed by atoms with E-state index >= 15 is 0 Å². The predicted octanol–water partition coefficient (Wildman–Crippen LogP) is 2.88. The van der Waals surface area contributed by atoms with Gasteiger partial charge in [-0.15, -0.1) is 11.3 Å². The second kappa shape index (κ2) is 4.95. The van der Waals surface area contributed by atoms with Crippen LogP contribution in [0.15, 0.2) is 43.2 Å². The van der Waals surface area contributed by atoms with Crippen molar-refractivity contribution in [2.45, 2.75) is 9.37 Å². The van der Waals surface area contributed by atoms with Gasteiger partial charge in [0.25, 0.3) is 5.56 Å². The highest BCUT2D eigenvalue weighted by Gasteiger charge is 2.11. The molecule has 2 aromatic heterocycles. The predicted molar refractivity (Wildman–Crippen MR) is 80.7 cm³/mol. The molecular formula is C11H7BrN4OS2. The van der Waals surface area contributed by atoms with E-state index < -0.39 is 0 Å². The van der Waals surface area contributed by atoms with Crippen LogP contribution in [0.3, 0.4) is 0 Å². The minimum absolute atomic E-state index is 0.206. The monoisotopic (exact) mass is 354 g/mol. The summed E-state index contributed by atoms with van der Waals surface area (Å²) in [6, 6.07) is 5.58. The summed E-state index contributed by atoms with van der Waals surface area (Å²) in [5, 5.41) is 0.593. The third kappa shape index (κ3) is 2.51. The summed E-state index contributed by atoms with van der Waals surface area (Å²) < 4.78 is 2.25. The van der Waals surface area contributed by atoms with Gasteiger partial charge in [0.05, 0.1) is 16.5 Å². The van der Waals surface area contributed by atoms with E-state index in [0.29, 0.717) is 15.2 Å². The molecule has 3 rings (SSSR count). The highest BCUT2D eigenvalue weighted by Crippen LogP contribution is 2.35. The lowest BCUT2D eigenvalue weighted by atomic mass is 10.3. The maximum Gasteiger partial charge on any atom is 0.266 e. The molecule has 96 valence electrons. The molecule has 1 aromatic carbocycles. The van der Waals surface area contributed by atoms with Crippen molar-refractivity contribution in [3.63, 3.8) is 0 Å². The number of aromatic amines is 1. The Morgan fingerprint density at radius 2 is 2.26 bits per heavy atom. The highest BCUT2D eigenvalue weighted by atomic mass is 79.9. The van der Waals surface area contributed by atoms with Crippen molar-refractivity contribution in [2.75, 3.05) is 5.73 Å². The Morgan fingerprint density at radius 1 is 1.42 bits per heavy atom. The molecule has 2 heterocycles. The molecule has 5 nitrogen and oxygen atoms in total. The Hall–Kier alpha value is -1.38. The molecule has 19 heavy (non-hydrogen) atoms. The standard InChI is InChI=1S/C11H7BrN4OS2/c12-8-9(17)14-4-15-10(8)19-11-16-6-2-1-5(13)3-7(6)18-11/h1-4H,13H2,(H,14,15,17). The van der Waals surface area contributed by atoms with Crippen LogP contribution in [0, 0.1) is 0 Å². The second-order valence-electron chi connectivity index (χ2n) is 3.66. The van der Waals surface area contributed by atoms with E-state index in [-0.39, 0.29) is 5.56 Å². The number of thiazole rings is 1. The second-order valence-corrected chi connectivity index (χ2v) is 6.72. The Morgan fingerprint density at radius 3 is 3.11 bits per heavy atom. The fourth-order valence-corrected chi connectivity index (χ4v) is 3.96. The smallest absolute Gasteiger partial charge is 0.266 e. The molecule has 0 radical (unpaired) electrons. The maximum absolute atomic E-state index is 11.5. The Kier molecular flexibility index (Phi) is 3.29. The molecule has 0 spiro atoms. The molecule has 0 atom stereocenters. The summed E-state index contributed by atoms with van der Waals surface area (Å²) in [6.07, 6.45) is 1.38. The topological polar surface area (TPSA) is 84.7 Å². The summed E-state index contributed by atoms with van der Waals surface area (Å²) in [5.41, 5.74) is 7.13. The first-order chi connectivity index (χ1) is 9.13. The highest BCUT2D eigenvalue weighted by molar-refractivity contribution is 9.10. The fraction of sp³-hybridized carbons (Fsp3) is 0. The van der Waals surface area contributed by atoms with Gasteiger partial charge >= 0.3 is 0 Å². The zero-order valence-corrected chi connectivity index (χ0v) is 12.6. The van der Waals surface area contributed by atoms with Crippen LogP contribution in [-0.2, 0) is 0 Å². The lowest BCUT2D eigenvalue weighted by Gasteiger charge is -1.97. The number of nitrogens with zero attached hydrogens (tertiary/aromatic N) is 2. The molecule has 8 heteroatoms. The SMILES string of the molecule is Nc1ccc2nc(Sc3nc[nH]c(=O)c3Br)sc2c1.